The Balaban J connectivity index is 0.00000392. The van der Waals surface area contributed by atoms with Gasteiger partial charge in [-0.05, 0) is 11.5 Å². The molecule has 28 heavy (non-hydrogen) atoms. The van der Waals surface area contributed by atoms with Gasteiger partial charge in [0.25, 0.3) is 0 Å². The molecule has 0 radical (unpaired) electrons. The third-order valence-corrected chi connectivity index (χ3v) is 4.42. The molecule has 2 rings (SSSR count). The van der Waals surface area contributed by atoms with Crippen LogP contribution in [0.4, 0.5) is 0 Å². The maximum atomic E-state index is 5.49. The molecule has 7 heteroatoms. The largest absolute Gasteiger partial charge is 0.496 e. The zero-order valence-corrected chi connectivity index (χ0v) is 19.4. The molecular formula is C21H30IN3O3. The zero-order chi connectivity index (χ0) is 19.6. The Morgan fingerprint density at radius 1 is 0.964 bits per heavy atom. The van der Waals surface area contributed by atoms with Crippen LogP contribution in [0.1, 0.15) is 24.0 Å². The smallest absolute Gasteiger partial charge is 0.191 e. The van der Waals surface area contributed by atoms with E-state index in [4.69, 9.17) is 14.2 Å². The predicted molar refractivity (Wildman–Crippen MR) is 125 cm³/mol. The van der Waals surface area contributed by atoms with Gasteiger partial charge in [0.2, 0.25) is 0 Å². The van der Waals surface area contributed by atoms with E-state index in [1.54, 1.807) is 28.4 Å². The first-order valence-electron chi connectivity index (χ1n) is 8.91. The highest BCUT2D eigenvalue weighted by Gasteiger charge is 2.14. The van der Waals surface area contributed by atoms with Crippen molar-refractivity contribution < 1.29 is 14.2 Å². The first kappa shape index (κ1) is 23.9. The summed E-state index contributed by atoms with van der Waals surface area (Å²) in [5.41, 5.74) is 2.19. The Morgan fingerprint density at radius 3 is 2.07 bits per heavy atom. The van der Waals surface area contributed by atoms with Gasteiger partial charge in [0, 0.05) is 25.7 Å². The van der Waals surface area contributed by atoms with Crippen molar-refractivity contribution in [2.75, 3.05) is 34.9 Å². The van der Waals surface area contributed by atoms with Crippen LogP contribution in [0, 0.1) is 0 Å². The first-order valence-corrected chi connectivity index (χ1v) is 8.91. The Morgan fingerprint density at radius 2 is 1.57 bits per heavy atom. The number of aliphatic imine (C=N–C) groups is 1. The topological polar surface area (TPSA) is 64.1 Å². The molecule has 0 bridgehead atoms. The summed E-state index contributed by atoms with van der Waals surface area (Å²) in [6.07, 6.45) is 0. The summed E-state index contributed by atoms with van der Waals surface area (Å²) in [5.74, 6) is 3.18. The van der Waals surface area contributed by atoms with E-state index >= 15 is 0 Å². The zero-order valence-electron chi connectivity index (χ0n) is 17.1. The number of halogens is 1. The molecule has 0 aliphatic rings. The van der Waals surface area contributed by atoms with Gasteiger partial charge in [-0.1, -0.05) is 37.3 Å². The number of guanidine groups is 1. The standard InChI is InChI=1S/C21H29N3O3.HI/c1-15(16-9-7-6-8-10-16)13-23-21(22-2)24-14-18-19(26-4)11-17(25-3)12-20(18)27-5;/h6-12,15H,13-14H2,1-5H3,(H2,22,23,24);1H. The second-order valence-corrected chi connectivity index (χ2v) is 6.13. The monoisotopic (exact) mass is 499 g/mol. The maximum Gasteiger partial charge on any atom is 0.191 e. The van der Waals surface area contributed by atoms with Gasteiger partial charge in [-0.25, -0.2) is 0 Å². The highest BCUT2D eigenvalue weighted by atomic mass is 127. The Bertz CT molecular complexity index is 729. The molecule has 0 aromatic heterocycles. The third-order valence-electron chi connectivity index (χ3n) is 4.42. The Labute approximate surface area is 184 Å². The van der Waals surface area contributed by atoms with E-state index in [0.29, 0.717) is 29.7 Å². The van der Waals surface area contributed by atoms with E-state index in [2.05, 4.69) is 46.8 Å². The van der Waals surface area contributed by atoms with Gasteiger partial charge in [-0.15, -0.1) is 24.0 Å². The summed E-state index contributed by atoms with van der Waals surface area (Å²) >= 11 is 0. The SMILES string of the molecule is CN=C(NCc1c(OC)cc(OC)cc1OC)NCC(C)c1ccccc1.I. The fourth-order valence-electron chi connectivity index (χ4n) is 2.79. The summed E-state index contributed by atoms with van der Waals surface area (Å²) in [7, 11) is 6.63. The van der Waals surface area contributed by atoms with Gasteiger partial charge in [0.1, 0.15) is 17.2 Å². The molecule has 0 spiro atoms. The van der Waals surface area contributed by atoms with Gasteiger partial charge in [-0.2, -0.15) is 0 Å². The number of ether oxygens (including phenoxy) is 3. The Kier molecular flexibility index (Phi) is 10.5. The van der Waals surface area contributed by atoms with E-state index in [1.807, 2.05) is 18.2 Å². The van der Waals surface area contributed by atoms with Crippen molar-refractivity contribution in [3.63, 3.8) is 0 Å². The van der Waals surface area contributed by atoms with Crippen molar-refractivity contribution in [3.8, 4) is 17.2 Å². The predicted octanol–water partition coefficient (Wildman–Crippen LogP) is 3.80. The molecule has 154 valence electrons. The lowest BCUT2D eigenvalue weighted by molar-refractivity contribution is 0.368. The minimum absolute atomic E-state index is 0. The fraction of sp³-hybridized carbons (Fsp3) is 0.381. The van der Waals surface area contributed by atoms with E-state index in [1.165, 1.54) is 5.56 Å². The highest BCUT2D eigenvalue weighted by molar-refractivity contribution is 14.0. The highest BCUT2D eigenvalue weighted by Crippen LogP contribution is 2.33. The average molecular weight is 499 g/mol. The minimum atomic E-state index is 0. The van der Waals surface area contributed by atoms with Crippen LogP contribution in [-0.4, -0.2) is 40.9 Å². The second-order valence-electron chi connectivity index (χ2n) is 6.13. The number of nitrogens with one attached hydrogen (secondary N) is 2. The third kappa shape index (κ3) is 6.47. The van der Waals surface area contributed by atoms with Crippen LogP contribution in [0.25, 0.3) is 0 Å². The minimum Gasteiger partial charge on any atom is -0.496 e. The van der Waals surface area contributed by atoms with Crippen molar-refractivity contribution in [1.82, 2.24) is 10.6 Å². The van der Waals surface area contributed by atoms with Crippen LogP contribution in [0.15, 0.2) is 47.5 Å². The molecule has 2 aromatic rings. The molecule has 2 aromatic carbocycles. The number of hydrogen-bond donors (Lipinski definition) is 2. The summed E-state index contributed by atoms with van der Waals surface area (Å²) in [6, 6.07) is 14.1. The molecule has 6 nitrogen and oxygen atoms in total. The van der Waals surface area contributed by atoms with Crippen molar-refractivity contribution in [1.29, 1.82) is 0 Å². The normalized spacial score (nSPS) is 11.8. The van der Waals surface area contributed by atoms with Gasteiger partial charge in [0.15, 0.2) is 5.96 Å². The second kappa shape index (κ2) is 12.3. The van der Waals surface area contributed by atoms with Crippen LogP contribution >= 0.6 is 24.0 Å². The molecule has 0 saturated carbocycles. The number of rotatable bonds is 8. The molecule has 1 atom stereocenters. The Hall–Kier alpha value is -2.16. The summed E-state index contributed by atoms with van der Waals surface area (Å²) < 4.78 is 16.3. The van der Waals surface area contributed by atoms with Crippen molar-refractivity contribution in [2.24, 2.45) is 4.99 Å². The molecular weight excluding hydrogens is 469 g/mol. The van der Waals surface area contributed by atoms with Crippen LogP contribution in [0.3, 0.4) is 0 Å². The first-order chi connectivity index (χ1) is 13.1. The van der Waals surface area contributed by atoms with Gasteiger partial charge in [0.05, 0.1) is 33.4 Å². The van der Waals surface area contributed by atoms with E-state index < -0.39 is 0 Å². The molecule has 0 heterocycles. The lowest BCUT2D eigenvalue weighted by Crippen LogP contribution is -2.38. The summed E-state index contributed by atoms with van der Waals surface area (Å²) in [4.78, 5) is 4.30. The maximum absolute atomic E-state index is 5.49. The molecule has 0 aliphatic carbocycles. The van der Waals surface area contributed by atoms with Crippen LogP contribution in [0.5, 0.6) is 17.2 Å². The quantitative estimate of drug-likeness (QED) is 0.329. The van der Waals surface area contributed by atoms with Gasteiger partial charge in [-0.3, -0.25) is 4.99 Å². The van der Waals surface area contributed by atoms with Crippen molar-refractivity contribution in [2.45, 2.75) is 19.4 Å². The molecule has 2 N–H and O–H groups in total. The molecule has 0 aliphatic heterocycles. The number of benzene rings is 2. The number of nitrogens with zero attached hydrogens (tertiary/aromatic N) is 1. The lowest BCUT2D eigenvalue weighted by Gasteiger charge is -2.19. The molecule has 0 saturated heterocycles. The van der Waals surface area contributed by atoms with Gasteiger partial charge >= 0.3 is 0 Å². The summed E-state index contributed by atoms with van der Waals surface area (Å²) in [6.45, 7) is 3.47. The fourth-order valence-corrected chi connectivity index (χ4v) is 2.79. The number of hydrogen-bond acceptors (Lipinski definition) is 4. The number of methoxy groups -OCH3 is 3. The van der Waals surface area contributed by atoms with Crippen molar-refractivity contribution in [3.05, 3.63) is 53.6 Å². The van der Waals surface area contributed by atoms with Crippen LogP contribution in [0.2, 0.25) is 0 Å². The van der Waals surface area contributed by atoms with Gasteiger partial charge < -0.3 is 24.8 Å². The van der Waals surface area contributed by atoms with E-state index in [-0.39, 0.29) is 24.0 Å². The van der Waals surface area contributed by atoms with Crippen LogP contribution in [-0.2, 0) is 6.54 Å². The molecule has 1 unspecified atom stereocenters. The van der Waals surface area contributed by atoms with Crippen LogP contribution < -0.4 is 24.8 Å². The average Bonchev–Trinajstić information content (AvgIpc) is 2.73. The van der Waals surface area contributed by atoms with Crippen molar-refractivity contribution >= 4 is 29.9 Å². The summed E-state index contributed by atoms with van der Waals surface area (Å²) in [5, 5.41) is 6.69. The molecule has 0 fully saturated rings. The lowest BCUT2D eigenvalue weighted by atomic mass is 10.0. The van der Waals surface area contributed by atoms with E-state index in [9.17, 15) is 0 Å². The van der Waals surface area contributed by atoms with E-state index in [0.717, 1.165) is 18.1 Å². The molecule has 0 amide bonds.